The summed E-state index contributed by atoms with van der Waals surface area (Å²) in [4.78, 5) is 26.2. The number of ketones is 1. The summed E-state index contributed by atoms with van der Waals surface area (Å²) in [6, 6.07) is 3.12. The van der Waals surface area contributed by atoms with Crippen LogP contribution in [0.25, 0.3) is 0 Å². The molecule has 0 bridgehead atoms. The Bertz CT molecular complexity index is 411. The highest BCUT2D eigenvalue weighted by atomic mass is 16.5. The molecule has 1 aromatic rings. The number of nitrogens with zero attached hydrogens (tertiary/aromatic N) is 1. The predicted molar refractivity (Wildman–Crippen MR) is 55.9 cm³/mol. The largest absolute Gasteiger partial charge is 0.502 e. The van der Waals surface area contributed by atoms with Gasteiger partial charge in [0.05, 0.1) is 6.61 Å². The number of pyridine rings is 1. The second-order valence-electron chi connectivity index (χ2n) is 2.86. The molecule has 1 aromatic heterocycles. The number of carbonyl (C=O) groups excluding carboxylic acids is 2. The number of aliphatic hydroxyl groups is 1. The van der Waals surface area contributed by atoms with E-state index in [1.807, 2.05) is 0 Å². The zero-order valence-corrected chi connectivity index (χ0v) is 8.71. The van der Waals surface area contributed by atoms with E-state index in [4.69, 9.17) is 0 Å². The van der Waals surface area contributed by atoms with Crippen molar-refractivity contribution in [3.8, 4) is 0 Å². The Morgan fingerprint density at radius 3 is 2.88 bits per heavy atom. The number of aliphatic hydroxyl groups excluding tert-OH is 1. The summed E-state index contributed by atoms with van der Waals surface area (Å²) in [6.45, 7) is 1.74. The highest BCUT2D eigenvalue weighted by Gasteiger charge is 2.11. The molecule has 0 aliphatic heterocycles. The van der Waals surface area contributed by atoms with Crippen LogP contribution in [0.1, 0.15) is 17.3 Å². The number of esters is 1. The average Bonchev–Trinajstić information content (AvgIpc) is 2.30. The van der Waals surface area contributed by atoms with E-state index in [1.165, 1.54) is 18.5 Å². The lowest BCUT2D eigenvalue weighted by atomic mass is 10.2. The highest BCUT2D eigenvalue weighted by Crippen LogP contribution is 2.02. The Hall–Kier alpha value is -2.17. The van der Waals surface area contributed by atoms with Crippen molar-refractivity contribution < 1.29 is 19.4 Å². The molecule has 0 aromatic carbocycles. The van der Waals surface area contributed by atoms with E-state index in [-0.39, 0.29) is 6.61 Å². The fourth-order valence-electron chi connectivity index (χ4n) is 0.980. The van der Waals surface area contributed by atoms with Crippen molar-refractivity contribution in [3.63, 3.8) is 0 Å². The molecule has 5 nitrogen and oxygen atoms in total. The van der Waals surface area contributed by atoms with Gasteiger partial charge in [-0.05, 0) is 19.1 Å². The van der Waals surface area contributed by atoms with Gasteiger partial charge in [-0.3, -0.25) is 9.78 Å². The molecule has 0 radical (unpaired) electrons. The van der Waals surface area contributed by atoms with Crippen molar-refractivity contribution >= 4 is 11.8 Å². The molecule has 0 unspecified atom stereocenters. The van der Waals surface area contributed by atoms with Gasteiger partial charge >= 0.3 is 5.97 Å². The van der Waals surface area contributed by atoms with Crippen molar-refractivity contribution in [2.24, 2.45) is 0 Å². The molecule has 0 saturated heterocycles. The number of carbonyl (C=O) groups is 2. The van der Waals surface area contributed by atoms with E-state index >= 15 is 0 Å². The summed E-state index contributed by atoms with van der Waals surface area (Å²) in [5, 5.41) is 9.23. The Morgan fingerprint density at radius 2 is 2.31 bits per heavy atom. The normalized spacial score (nSPS) is 10.9. The van der Waals surface area contributed by atoms with Gasteiger partial charge in [-0.25, -0.2) is 4.79 Å². The van der Waals surface area contributed by atoms with E-state index in [2.05, 4.69) is 9.72 Å². The standard InChI is InChI=1S/C11H11NO4/c1-2-16-11(15)10(14)6-9(13)8-4-3-5-12-7-8/h3-7,14H,2H2,1H3/b10-6-. The molecule has 1 N–H and O–H groups in total. The van der Waals surface area contributed by atoms with E-state index in [9.17, 15) is 14.7 Å². The predicted octanol–water partition coefficient (Wildman–Crippen LogP) is 1.27. The molecule has 1 rings (SSSR count). The van der Waals surface area contributed by atoms with Gasteiger partial charge in [-0.1, -0.05) is 0 Å². The van der Waals surface area contributed by atoms with E-state index in [0.717, 1.165) is 6.08 Å². The second kappa shape index (κ2) is 5.65. The lowest BCUT2D eigenvalue weighted by Crippen LogP contribution is -2.09. The second-order valence-corrected chi connectivity index (χ2v) is 2.86. The first-order chi connectivity index (χ1) is 7.65. The summed E-state index contributed by atoms with van der Waals surface area (Å²) >= 11 is 0. The van der Waals surface area contributed by atoms with Crippen LogP contribution in [0.15, 0.2) is 36.4 Å². The molecule has 5 heteroatoms. The Kier molecular flexibility index (Phi) is 4.20. The van der Waals surface area contributed by atoms with Gasteiger partial charge in [0.2, 0.25) is 5.76 Å². The molecular formula is C11H11NO4. The van der Waals surface area contributed by atoms with Crippen LogP contribution < -0.4 is 0 Å². The van der Waals surface area contributed by atoms with Crippen LogP contribution in [0.3, 0.4) is 0 Å². The molecule has 84 valence electrons. The van der Waals surface area contributed by atoms with Gasteiger partial charge < -0.3 is 9.84 Å². The number of allylic oxidation sites excluding steroid dienone is 1. The maximum absolute atomic E-state index is 11.5. The van der Waals surface area contributed by atoms with Crippen molar-refractivity contribution in [1.29, 1.82) is 0 Å². The van der Waals surface area contributed by atoms with Crippen LogP contribution in [0.4, 0.5) is 0 Å². The first kappa shape index (κ1) is 11.9. The SMILES string of the molecule is CCOC(=O)/C(O)=C/C(=O)c1cccnc1. The Morgan fingerprint density at radius 1 is 1.56 bits per heavy atom. The molecule has 1 heterocycles. The van der Waals surface area contributed by atoms with Gasteiger partial charge in [0.1, 0.15) is 0 Å². The van der Waals surface area contributed by atoms with Gasteiger partial charge in [0.15, 0.2) is 5.78 Å². The summed E-state index contributed by atoms with van der Waals surface area (Å²) in [7, 11) is 0. The van der Waals surface area contributed by atoms with Crippen LogP contribution >= 0.6 is 0 Å². The molecule has 0 saturated carbocycles. The third kappa shape index (κ3) is 3.20. The lowest BCUT2D eigenvalue weighted by Gasteiger charge is -1.99. The fourth-order valence-corrected chi connectivity index (χ4v) is 0.980. The molecule has 16 heavy (non-hydrogen) atoms. The van der Waals surface area contributed by atoms with Crippen LogP contribution in [0.5, 0.6) is 0 Å². The lowest BCUT2D eigenvalue weighted by molar-refractivity contribution is -0.141. The minimum Gasteiger partial charge on any atom is -0.502 e. The smallest absolute Gasteiger partial charge is 0.373 e. The summed E-state index contributed by atoms with van der Waals surface area (Å²) in [6.07, 6.45) is 3.68. The highest BCUT2D eigenvalue weighted by molar-refractivity contribution is 6.07. The first-order valence-corrected chi connectivity index (χ1v) is 4.67. The third-order valence-corrected chi connectivity index (χ3v) is 1.70. The quantitative estimate of drug-likeness (QED) is 0.358. The molecule has 0 aliphatic carbocycles. The maximum atomic E-state index is 11.5. The molecule has 0 amide bonds. The zero-order chi connectivity index (χ0) is 12.0. The monoisotopic (exact) mass is 221 g/mol. The van der Waals surface area contributed by atoms with Gasteiger partial charge in [0.25, 0.3) is 0 Å². The Balaban J connectivity index is 2.77. The number of hydrogen-bond donors (Lipinski definition) is 1. The van der Waals surface area contributed by atoms with Gasteiger partial charge in [-0.15, -0.1) is 0 Å². The maximum Gasteiger partial charge on any atom is 0.373 e. The molecular weight excluding hydrogens is 210 g/mol. The summed E-state index contributed by atoms with van der Waals surface area (Å²) < 4.78 is 4.52. The van der Waals surface area contributed by atoms with Crippen molar-refractivity contribution in [2.45, 2.75) is 6.92 Å². The number of ether oxygens (including phenoxy) is 1. The zero-order valence-electron chi connectivity index (χ0n) is 8.71. The van der Waals surface area contributed by atoms with Crippen LogP contribution in [-0.2, 0) is 9.53 Å². The van der Waals surface area contributed by atoms with Crippen molar-refractivity contribution in [3.05, 3.63) is 41.9 Å². The minimum atomic E-state index is -0.917. The van der Waals surface area contributed by atoms with Gasteiger partial charge in [0, 0.05) is 24.0 Å². The molecule has 0 atom stereocenters. The van der Waals surface area contributed by atoms with Crippen molar-refractivity contribution in [2.75, 3.05) is 6.61 Å². The number of aromatic nitrogens is 1. The van der Waals surface area contributed by atoms with Crippen LogP contribution in [0.2, 0.25) is 0 Å². The van der Waals surface area contributed by atoms with E-state index < -0.39 is 17.5 Å². The van der Waals surface area contributed by atoms with E-state index in [1.54, 1.807) is 13.0 Å². The molecule has 0 fully saturated rings. The first-order valence-electron chi connectivity index (χ1n) is 4.67. The fraction of sp³-hybridized carbons (Fsp3) is 0.182. The minimum absolute atomic E-state index is 0.137. The van der Waals surface area contributed by atoms with Crippen LogP contribution in [-0.4, -0.2) is 28.4 Å². The summed E-state index contributed by atoms with van der Waals surface area (Å²) in [5.41, 5.74) is 0.290. The van der Waals surface area contributed by atoms with Crippen molar-refractivity contribution in [1.82, 2.24) is 4.98 Å². The van der Waals surface area contributed by atoms with Crippen LogP contribution in [0, 0.1) is 0 Å². The third-order valence-electron chi connectivity index (χ3n) is 1.70. The van der Waals surface area contributed by atoms with E-state index in [0.29, 0.717) is 5.56 Å². The molecule has 0 aliphatic rings. The number of hydrogen-bond acceptors (Lipinski definition) is 5. The average molecular weight is 221 g/mol. The number of rotatable bonds is 4. The topological polar surface area (TPSA) is 76.5 Å². The Labute approximate surface area is 92.4 Å². The molecule has 0 spiro atoms. The van der Waals surface area contributed by atoms with Gasteiger partial charge in [-0.2, -0.15) is 0 Å². The summed E-state index contributed by atoms with van der Waals surface area (Å²) in [5.74, 6) is -2.13.